The SMILES string of the molecule is CC.CC.CCC/C=C(/C=C\NC(C)=NC)CC. The zero-order valence-electron chi connectivity index (χ0n) is 13.8. The Morgan fingerprint density at radius 1 is 1.11 bits per heavy atom. The van der Waals surface area contributed by atoms with E-state index in [1.807, 2.05) is 40.8 Å². The van der Waals surface area contributed by atoms with E-state index in [0.29, 0.717) is 0 Å². The topological polar surface area (TPSA) is 24.4 Å². The van der Waals surface area contributed by atoms with Gasteiger partial charge in [-0.2, -0.15) is 0 Å². The molecule has 0 fully saturated rings. The Hall–Kier alpha value is -1.05. The minimum Gasteiger partial charge on any atom is -0.351 e. The van der Waals surface area contributed by atoms with Gasteiger partial charge in [0, 0.05) is 13.2 Å². The van der Waals surface area contributed by atoms with Gasteiger partial charge in [-0.1, -0.05) is 59.6 Å². The van der Waals surface area contributed by atoms with Gasteiger partial charge in [0.05, 0.1) is 5.84 Å². The first-order valence-corrected chi connectivity index (χ1v) is 7.30. The van der Waals surface area contributed by atoms with Gasteiger partial charge in [-0.3, -0.25) is 4.99 Å². The summed E-state index contributed by atoms with van der Waals surface area (Å²) in [5.74, 6) is 0.937. The van der Waals surface area contributed by atoms with Gasteiger partial charge in [0.1, 0.15) is 0 Å². The van der Waals surface area contributed by atoms with Crippen LogP contribution in [0.2, 0.25) is 0 Å². The van der Waals surface area contributed by atoms with Crippen molar-refractivity contribution in [2.45, 2.75) is 67.7 Å². The normalized spacial score (nSPS) is 11.3. The van der Waals surface area contributed by atoms with E-state index in [0.717, 1.165) is 18.7 Å². The maximum Gasteiger partial charge on any atom is 0.0967 e. The molecule has 0 aromatic carbocycles. The lowest BCUT2D eigenvalue weighted by atomic mass is 10.1. The van der Waals surface area contributed by atoms with Crippen LogP contribution in [0.5, 0.6) is 0 Å². The molecule has 0 aliphatic heterocycles. The Labute approximate surface area is 115 Å². The maximum absolute atomic E-state index is 4.01. The van der Waals surface area contributed by atoms with Crippen LogP contribution < -0.4 is 5.32 Å². The van der Waals surface area contributed by atoms with Crippen LogP contribution in [-0.2, 0) is 0 Å². The highest BCUT2D eigenvalue weighted by Gasteiger charge is 1.87. The van der Waals surface area contributed by atoms with Crippen LogP contribution in [0, 0.1) is 0 Å². The average Bonchev–Trinajstić information content (AvgIpc) is 2.46. The van der Waals surface area contributed by atoms with E-state index in [-0.39, 0.29) is 0 Å². The van der Waals surface area contributed by atoms with Gasteiger partial charge in [0.15, 0.2) is 0 Å². The molecule has 0 radical (unpaired) electrons. The molecule has 0 aliphatic carbocycles. The highest BCUT2D eigenvalue weighted by molar-refractivity contribution is 5.80. The van der Waals surface area contributed by atoms with Crippen molar-refractivity contribution in [2.24, 2.45) is 4.99 Å². The summed E-state index contributed by atoms with van der Waals surface area (Å²) in [7, 11) is 1.78. The molecule has 0 bridgehead atoms. The summed E-state index contributed by atoms with van der Waals surface area (Å²) in [5, 5.41) is 3.10. The second kappa shape index (κ2) is 21.3. The molecule has 108 valence electrons. The summed E-state index contributed by atoms with van der Waals surface area (Å²) in [4.78, 5) is 4.01. The lowest BCUT2D eigenvalue weighted by Crippen LogP contribution is -2.12. The molecule has 0 saturated carbocycles. The van der Waals surface area contributed by atoms with E-state index in [1.165, 1.54) is 12.0 Å². The standard InChI is InChI=1S/C12H22N2.2C2H6/c1-5-7-8-12(6-2)9-10-14-11(3)13-4;2*1-2/h8-10H,5-7H2,1-4H3,(H,13,14);2*1-2H3/b10-9-,12-8+;;. The number of aliphatic imine (C=N–C) groups is 1. The van der Waals surface area contributed by atoms with Crippen LogP contribution >= 0.6 is 0 Å². The molecule has 0 unspecified atom stereocenters. The summed E-state index contributed by atoms with van der Waals surface area (Å²) in [6.45, 7) is 14.3. The monoisotopic (exact) mass is 254 g/mol. The van der Waals surface area contributed by atoms with E-state index in [4.69, 9.17) is 0 Å². The van der Waals surface area contributed by atoms with Crippen molar-refractivity contribution in [3.63, 3.8) is 0 Å². The highest BCUT2D eigenvalue weighted by Crippen LogP contribution is 2.04. The molecule has 0 heterocycles. The first kappa shape index (κ1) is 22.2. The van der Waals surface area contributed by atoms with Gasteiger partial charge < -0.3 is 5.32 Å². The highest BCUT2D eigenvalue weighted by atomic mass is 14.9. The number of nitrogens with one attached hydrogen (secondary N) is 1. The van der Waals surface area contributed by atoms with Crippen molar-refractivity contribution in [1.29, 1.82) is 0 Å². The van der Waals surface area contributed by atoms with Gasteiger partial charge in [-0.05, 0) is 25.8 Å². The third-order valence-electron chi connectivity index (χ3n) is 2.03. The zero-order chi connectivity index (χ0) is 14.8. The summed E-state index contributed by atoms with van der Waals surface area (Å²) in [6, 6.07) is 0. The van der Waals surface area contributed by atoms with Crippen LogP contribution in [-0.4, -0.2) is 12.9 Å². The van der Waals surface area contributed by atoms with E-state index in [9.17, 15) is 0 Å². The minimum atomic E-state index is 0.937. The molecular weight excluding hydrogens is 220 g/mol. The first-order chi connectivity index (χ1) is 8.74. The molecule has 0 rings (SSSR count). The van der Waals surface area contributed by atoms with Gasteiger partial charge in [0.25, 0.3) is 0 Å². The van der Waals surface area contributed by atoms with Crippen LogP contribution in [0.3, 0.4) is 0 Å². The molecule has 0 amide bonds. The summed E-state index contributed by atoms with van der Waals surface area (Å²) < 4.78 is 0. The van der Waals surface area contributed by atoms with Crippen LogP contribution in [0.1, 0.15) is 67.7 Å². The van der Waals surface area contributed by atoms with Crippen molar-refractivity contribution in [2.75, 3.05) is 7.05 Å². The van der Waals surface area contributed by atoms with Crippen molar-refractivity contribution in [1.82, 2.24) is 5.32 Å². The lowest BCUT2D eigenvalue weighted by molar-refractivity contribution is 0.941. The van der Waals surface area contributed by atoms with Crippen molar-refractivity contribution < 1.29 is 0 Å². The number of unbranched alkanes of at least 4 members (excludes halogenated alkanes) is 1. The Balaban J connectivity index is -0.000000506. The second-order valence-corrected chi connectivity index (χ2v) is 3.21. The average molecular weight is 254 g/mol. The summed E-state index contributed by atoms with van der Waals surface area (Å²) in [5.41, 5.74) is 1.38. The summed E-state index contributed by atoms with van der Waals surface area (Å²) >= 11 is 0. The van der Waals surface area contributed by atoms with Crippen molar-refractivity contribution in [3.05, 3.63) is 23.9 Å². The van der Waals surface area contributed by atoms with Gasteiger partial charge in [0.2, 0.25) is 0 Å². The molecule has 0 aliphatic rings. The molecule has 0 aromatic rings. The smallest absolute Gasteiger partial charge is 0.0967 e. The fourth-order valence-corrected chi connectivity index (χ4v) is 0.994. The Bertz CT molecular complexity index is 225. The van der Waals surface area contributed by atoms with E-state index < -0.39 is 0 Å². The minimum absolute atomic E-state index is 0.937. The lowest BCUT2D eigenvalue weighted by Gasteiger charge is -1.99. The zero-order valence-corrected chi connectivity index (χ0v) is 13.8. The molecule has 0 spiro atoms. The summed E-state index contributed by atoms with van der Waals surface area (Å²) in [6.07, 6.45) is 9.81. The molecule has 2 heteroatoms. The van der Waals surface area contributed by atoms with Crippen molar-refractivity contribution in [3.8, 4) is 0 Å². The predicted molar refractivity (Wildman–Crippen MR) is 87.3 cm³/mol. The predicted octanol–water partition coefficient (Wildman–Crippen LogP) is 5.33. The van der Waals surface area contributed by atoms with E-state index in [1.54, 1.807) is 7.05 Å². The van der Waals surface area contributed by atoms with Gasteiger partial charge in [-0.25, -0.2) is 0 Å². The Morgan fingerprint density at radius 2 is 1.67 bits per heavy atom. The second-order valence-electron chi connectivity index (χ2n) is 3.21. The van der Waals surface area contributed by atoms with Gasteiger partial charge >= 0.3 is 0 Å². The quantitative estimate of drug-likeness (QED) is 0.400. The molecule has 0 atom stereocenters. The molecule has 0 saturated heterocycles. The van der Waals surface area contributed by atoms with Crippen LogP contribution in [0.15, 0.2) is 28.9 Å². The van der Waals surface area contributed by atoms with Crippen molar-refractivity contribution >= 4 is 5.84 Å². The number of rotatable bonds is 5. The van der Waals surface area contributed by atoms with E-state index >= 15 is 0 Å². The molecular formula is C16H34N2. The number of hydrogen-bond acceptors (Lipinski definition) is 1. The van der Waals surface area contributed by atoms with Crippen LogP contribution in [0.4, 0.5) is 0 Å². The first-order valence-electron chi connectivity index (χ1n) is 7.30. The Morgan fingerprint density at radius 3 is 2.06 bits per heavy atom. The molecule has 0 aromatic heterocycles. The maximum atomic E-state index is 4.01. The van der Waals surface area contributed by atoms with Crippen LogP contribution in [0.25, 0.3) is 0 Å². The number of nitrogens with zero attached hydrogens (tertiary/aromatic N) is 1. The third kappa shape index (κ3) is 17.3. The molecule has 1 N–H and O–H groups in total. The Kier molecular flexibility index (Phi) is 26.2. The number of allylic oxidation sites excluding steroid dienone is 3. The van der Waals surface area contributed by atoms with Gasteiger partial charge in [-0.15, -0.1) is 0 Å². The molecule has 18 heavy (non-hydrogen) atoms. The molecule has 2 nitrogen and oxygen atoms in total. The number of amidine groups is 1. The number of hydrogen-bond donors (Lipinski definition) is 1. The fourth-order valence-electron chi connectivity index (χ4n) is 0.994. The van der Waals surface area contributed by atoms with E-state index in [2.05, 4.69) is 36.3 Å². The largest absolute Gasteiger partial charge is 0.351 e. The fraction of sp³-hybridized carbons (Fsp3) is 0.688. The third-order valence-corrected chi connectivity index (χ3v) is 2.03.